The molecule has 7 heteroatoms. The zero-order valence-electron chi connectivity index (χ0n) is 10.9. The highest BCUT2D eigenvalue weighted by atomic mass is 79.9. The zero-order valence-corrected chi connectivity index (χ0v) is 12.5. The van der Waals surface area contributed by atoms with E-state index in [-0.39, 0.29) is 17.2 Å². The van der Waals surface area contributed by atoms with Crippen molar-refractivity contribution in [1.29, 1.82) is 5.26 Å². The molecule has 2 aromatic rings. The molecule has 0 aliphatic carbocycles. The maximum absolute atomic E-state index is 10.8. The number of benzene rings is 2. The molecule has 0 radical (unpaired) electrons. The van der Waals surface area contributed by atoms with Gasteiger partial charge in [-0.3, -0.25) is 10.1 Å². The van der Waals surface area contributed by atoms with Crippen LogP contribution in [0.5, 0.6) is 17.2 Å². The number of rotatable bonds is 4. The summed E-state index contributed by atoms with van der Waals surface area (Å²) in [5, 5.41) is 19.9. The summed E-state index contributed by atoms with van der Waals surface area (Å²) in [5.41, 5.74) is 0.186. The lowest BCUT2D eigenvalue weighted by molar-refractivity contribution is -0.384. The van der Waals surface area contributed by atoms with E-state index in [0.717, 1.165) is 4.47 Å². The van der Waals surface area contributed by atoms with Crippen molar-refractivity contribution in [2.75, 3.05) is 7.11 Å². The molecule has 0 saturated carbocycles. The fraction of sp³-hybridized carbons (Fsp3) is 0.0714. The Kier molecular flexibility index (Phi) is 4.40. The van der Waals surface area contributed by atoms with Gasteiger partial charge in [0, 0.05) is 10.5 Å². The fourth-order valence-electron chi connectivity index (χ4n) is 1.65. The highest BCUT2D eigenvalue weighted by molar-refractivity contribution is 9.10. The van der Waals surface area contributed by atoms with Crippen molar-refractivity contribution in [3.05, 3.63) is 56.5 Å². The highest BCUT2D eigenvalue weighted by Gasteiger charge is 2.15. The zero-order chi connectivity index (χ0) is 15.4. The standard InChI is InChI=1S/C14H9BrN2O4/c1-20-12-5-4-11(17(18)19)7-14(12)21-13-6-10(15)3-2-9(13)8-16/h2-7H,1H3. The molecule has 0 bridgehead atoms. The van der Waals surface area contributed by atoms with Gasteiger partial charge in [-0.05, 0) is 24.3 Å². The minimum absolute atomic E-state index is 0.126. The number of nitro groups is 1. The van der Waals surface area contributed by atoms with Crippen molar-refractivity contribution in [1.82, 2.24) is 0 Å². The smallest absolute Gasteiger partial charge is 0.273 e. The molecule has 0 aliphatic heterocycles. The molecule has 106 valence electrons. The first-order chi connectivity index (χ1) is 10.0. The third-order valence-corrected chi connectivity index (χ3v) is 3.14. The Labute approximate surface area is 128 Å². The van der Waals surface area contributed by atoms with Crippen molar-refractivity contribution in [3.8, 4) is 23.3 Å². The molecule has 0 unspecified atom stereocenters. The molecule has 21 heavy (non-hydrogen) atoms. The number of halogens is 1. The van der Waals surface area contributed by atoms with Gasteiger partial charge in [0.2, 0.25) is 0 Å². The van der Waals surface area contributed by atoms with Crippen molar-refractivity contribution in [2.45, 2.75) is 0 Å². The van der Waals surface area contributed by atoms with Crippen molar-refractivity contribution < 1.29 is 14.4 Å². The average Bonchev–Trinajstić information content (AvgIpc) is 2.47. The van der Waals surface area contributed by atoms with Crippen LogP contribution in [0.3, 0.4) is 0 Å². The van der Waals surface area contributed by atoms with Gasteiger partial charge in [0.25, 0.3) is 5.69 Å². The molecule has 0 aromatic heterocycles. The number of nitrogens with zero attached hydrogens (tertiary/aromatic N) is 2. The number of methoxy groups -OCH3 is 1. The van der Waals surface area contributed by atoms with E-state index in [1.54, 1.807) is 18.2 Å². The largest absolute Gasteiger partial charge is 0.493 e. The molecular weight excluding hydrogens is 340 g/mol. The number of nitro benzene ring substituents is 1. The summed E-state index contributed by atoms with van der Waals surface area (Å²) in [5.74, 6) is 0.788. The highest BCUT2D eigenvalue weighted by Crippen LogP contribution is 2.36. The monoisotopic (exact) mass is 348 g/mol. The Balaban J connectivity index is 2.48. The SMILES string of the molecule is COc1ccc([N+](=O)[O-])cc1Oc1cc(Br)ccc1C#N. The third-order valence-electron chi connectivity index (χ3n) is 2.64. The molecule has 2 aromatic carbocycles. The van der Waals surface area contributed by atoms with Crippen molar-refractivity contribution >= 4 is 21.6 Å². The van der Waals surface area contributed by atoms with Crippen LogP contribution in [0.15, 0.2) is 40.9 Å². The van der Waals surface area contributed by atoms with Gasteiger partial charge in [-0.15, -0.1) is 0 Å². The Morgan fingerprint density at radius 2 is 1.95 bits per heavy atom. The molecule has 0 heterocycles. The summed E-state index contributed by atoms with van der Waals surface area (Å²) >= 11 is 3.28. The summed E-state index contributed by atoms with van der Waals surface area (Å²) in [4.78, 5) is 10.3. The maximum Gasteiger partial charge on any atom is 0.273 e. The van der Waals surface area contributed by atoms with Crippen LogP contribution < -0.4 is 9.47 Å². The number of nitriles is 1. The predicted molar refractivity (Wildman–Crippen MR) is 78.6 cm³/mol. The van der Waals surface area contributed by atoms with Crippen LogP contribution in [-0.4, -0.2) is 12.0 Å². The molecular formula is C14H9BrN2O4. The topological polar surface area (TPSA) is 85.4 Å². The summed E-state index contributed by atoms with van der Waals surface area (Å²) in [6.07, 6.45) is 0. The van der Waals surface area contributed by atoms with Gasteiger partial charge >= 0.3 is 0 Å². The maximum atomic E-state index is 10.8. The number of non-ortho nitro benzene ring substituents is 1. The summed E-state index contributed by atoms with van der Waals surface area (Å²) < 4.78 is 11.4. The molecule has 0 N–H and O–H groups in total. The molecule has 0 fully saturated rings. The van der Waals surface area contributed by atoms with Gasteiger partial charge in [0.05, 0.1) is 23.7 Å². The first-order valence-electron chi connectivity index (χ1n) is 5.75. The number of ether oxygens (including phenoxy) is 2. The van der Waals surface area contributed by atoms with Gasteiger partial charge in [-0.25, -0.2) is 0 Å². The first kappa shape index (κ1) is 14.8. The van der Waals surface area contributed by atoms with Crippen LogP contribution in [0.25, 0.3) is 0 Å². The van der Waals surface area contributed by atoms with E-state index in [1.807, 2.05) is 6.07 Å². The first-order valence-corrected chi connectivity index (χ1v) is 6.54. The molecule has 2 rings (SSSR count). The summed E-state index contributed by atoms with van der Waals surface area (Å²) in [6.45, 7) is 0. The number of hydrogen-bond donors (Lipinski definition) is 0. The molecule has 0 amide bonds. The second-order valence-corrected chi connectivity index (χ2v) is 4.86. The van der Waals surface area contributed by atoms with E-state index in [1.165, 1.54) is 25.3 Å². The molecule has 0 aliphatic rings. The van der Waals surface area contributed by atoms with Gasteiger partial charge in [0.1, 0.15) is 11.8 Å². The van der Waals surface area contributed by atoms with Crippen molar-refractivity contribution in [3.63, 3.8) is 0 Å². The molecule has 0 saturated heterocycles. The lowest BCUT2D eigenvalue weighted by Crippen LogP contribution is -1.95. The Morgan fingerprint density at radius 3 is 2.57 bits per heavy atom. The molecule has 0 spiro atoms. The van der Waals surface area contributed by atoms with Gasteiger partial charge < -0.3 is 9.47 Å². The Hall–Kier alpha value is -2.59. The molecule has 0 atom stereocenters. The van der Waals surface area contributed by atoms with Crippen LogP contribution in [0.4, 0.5) is 5.69 Å². The average molecular weight is 349 g/mol. The van der Waals surface area contributed by atoms with Crippen molar-refractivity contribution in [2.24, 2.45) is 0 Å². The van der Waals surface area contributed by atoms with Gasteiger partial charge in [0.15, 0.2) is 11.5 Å². The lowest BCUT2D eigenvalue weighted by Gasteiger charge is -2.11. The Bertz CT molecular complexity index is 740. The molecule has 6 nitrogen and oxygen atoms in total. The minimum atomic E-state index is -0.529. The van der Waals surface area contributed by atoms with Gasteiger partial charge in [-0.1, -0.05) is 15.9 Å². The second-order valence-electron chi connectivity index (χ2n) is 3.95. The normalized spacial score (nSPS) is 9.76. The van der Waals surface area contributed by atoms with Crippen LogP contribution in [0.2, 0.25) is 0 Å². The van der Waals surface area contributed by atoms with E-state index < -0.39 is 4.92 Å². The summed E-state index contributed by atoms with van der Waals surface area (Å²) in [6, 6.07) is 10.9. The van der Waals surface area contributed by atoms with E-state index in [0.29, 0.717) is 11.3 Å². The van der Waals surface area contributed by atoms with E-state index >= 15 is 0 Å². The van der Waals surface area contributed by atoms with E-state index in [2.05, 4.69) is 15.9 Å². The minimum Gasteiger partial charge on any atom is -0.493 e. The van der Waals surface area contributed by atoms with Crippen LogP contribution in [0.1, 0.15) is 5.56 Å². The van der Waals surface area contributed by atoms with Crippen LogP contribution >= 0.6 is 15.9 Å². The van der Waals surface area contributed by atoms with E-state index in [4.69, 9.17) is 14.7 Å². The van der Waals surface area contributed by atoms with Crippen LogP contribution in [-0.2, 0) is 0 Å². The summed E-state index contributed by atoms with van der Waals surface area (Å²) in [7, 11) is 1.43. The quantitative estimate of drug-likeness (QED) is 0.614. The van der Waals surface area contributed by atoms with E-state index in [9.17, 15) is 10.1 Å². The van der Waals surface area contributed by atoms with Crippen LogP contribution in [0, 0.1) is 21.4 Å². The third kappa shape index (κ3) is 3.30. The number of hydrogen-bond acceptors (Lipinski definition) is 5. The predicted octanol–water partition coefficient (Wildman–Crippen LogP) is 4.03. The second kappa shape index (κ2) is 6.24. The Morgan fingerprint density at radius 1 is 1.19 bits per heavy atom. The lowest BCUT2D eigenvalue weighted by atomic mass is 10.2. The van der Waals surface area contributed by atoms with Gasteiger partial charge in [-0.2, -0.15) is 5.26 Å². The fourth-order valence-corrected chi connectivity index (χ4v) is 1.99.